The summed E-state index contributed by atoms with van der Waals surface area (Å²) in [5.74, 6) is -1.13. The van der Waals surface area contributed by atoms with Gasteiger partial charge in [0.25, 0.3) is 0 Å². The Labute approximate surface area is 90.2 Å². The third-order valence-electron chi connectivity index (χ3n) is 2.46. The zero-order chi connectivity index (χ0) is 12.3. The molecule has 0 aromatic carbocycles. The lowest BCUT2D eigenvalue weighted by molar-refractivity contribution is -0.147. The first-order valence-corrected chi connectivity index (χ1v) is 4.84. The van der Waals surface area contributed by atoms with Gasteiger partial charge in [0.05, 0.1) is 11.0 Å². The lowest BCUT2D eigenvalue weighted by Crippen LogP contribution is -2.53. The van der Waals surface area contributed by atoms with Crippen LogP contribution in [0.3, 0.4) is 0 Å². The number of hydrogen-bond acceptors (Lipinski definition) is 3. The minimum absolute atomic E-state index is 0.117. The van der Waals surface area contributed by atoms with Crippen molar-refractivity contribution in [1.29, 1.82) is 0 Å². The number of likely N-dealkylation sites (N-methyl/N-ethyl adjacent to an activating group) is 1. The van der Waals surface area contributed by atoms with Crippen LogP contribution in [-0.2, 0) is 9.59 Å². The molecule has 0 aliphatic carbocycles. The summed E-state index contributed by atoms with van der Waals surface area (Å²) in [4.78, 5) is 22.4. The molecule has 1 amide bonds. The van der Waals surface area contributed by atoms with Gasteiger partial charge in [0.15, 0.2) is 0 Å². The lowest BCUT2D eigenvalue weighted by atomic mass is 9.93. The van der Waals surface area contributed by atoms with Crippen LogP contribution in [0.4, 0.5) is 0 Å². The van der Waals surface area contributed by atoms with Gasteiger partial charge in [0.2, 0.25) is 5.91 Å². The number of aliphatic carboxylic acids is 1. The molecule has 0 saturated heterocycles. The first-order chi connectivity index (χ1) is 6.63. The maximum absolute atomic E-state index is 11.6. The van der Waals surface area contributed by atoms with Crippen molar-refractivity contribution < 1.29 is 14.7 Å². The van der Waals surface area contributed by atoms with Crippen molar-refractivity contribution in [3.63, 3.8) is 0 Å². The second-order valence-electron chi connectivity index (χ2n) is 4.75. The smallest absolute Gasteiger partial charge is 0.310 e. The van der Waals surface area contributed by atoms with Gasteiger partial charge >= 0.3 is 5.97 Å². The average Bonchev–Trinajstić information content (AvgIpc) is 2.13. The zero-order valence-electron chi connectivity index (χ0n) is 9.97. The van der Waals surface area contributed by atoms with Crippen molar-refractivity contribution in [1.82, 2.24) is 10.6 Å². The van der Waals surface area contributed by atoms with E-state index in [2.05, 4.69) is 10.6 Å². The number of carbonyl (C=O) groups excluding carboxylic acids is 1. The summed E-state index contributed by atoms with van der Waals surface area (Å²) < 4.78 is 0. The van der Waals surface area contributed by atoms with Crippen LogP contribution in [0.15, 0.2) is 0 Å². The molecule has 0 radical (unpaired) electrons. The molecule has 0 aliphatic rings. The molecule has 0 unspecified atom stereocenters. The number of rotatable bonds is 5. The maximum atomic E-state index is 11.6. The van der Waals surface area contributed by atoms with E-state index in [1.807, 2.05) is 0 Å². The molecule has 15 heavy (non-hydrogen) atoms. The van der Waals surface area contributed by atoms with Crippen molar-refractivity contribution in [2.24, 2.45) is 5.41 Å². The van der Waals surface area contributed by atoms with Gasteiger partial charge in [0.1, 0.15) is 0 Å². The molecule has 0 aromatic rings. The Bertz CT molecular complexity index is 259. The normalized spacial score (nSPS) is 12.3. The summed E-state index contributed by atoms with van der Waals surface area (Å²) in [6.07, 6.45) is 0. The fourth-order valence-electron chi connectivity index (χ4n) is 0.711. The van der Waals surface area contributed by atoms with Crippen molar-refractivity contribution in [2.75, 3.05) is 13.6 Å². The minimum Gasteiger partial charge on any atom is -0.481 e. The summed E-state index contributed by atoms with van der Waals surface area (Å²) in [7, 11) is 1.68. The zero-order valence-corrected chi connectivity index (χ0v) is 9.97. The summed E-state index contributed by atoms with van der Waals surface area (Å²) in [5.41, 5.74) is -1.63. The summed E-state index contributed by atoms with van der Waals surface area (Å²) in [6.45, 7) is 6.72. The van der Waals surface area contributed by atoms with Crippen molar-refractivity contribution in [3.8, 4) is 0 Å². The second-order valence-corrected chi connectivity index (χ2v) is 4.75. The van der Waals surface area contributed by atoms with Crippen LogP contribution in [0.5, 0.6) is 0 Å². The molecular weight excluding hydrogens is 196 g/mol. The molecule has 0 aromatic heterocycles. The molecule has 0 spiro atoms. The van der Waals surface area contributed by atoms with E-state index in [9.17, 15) is 9.59 Å². The van der Waals surface area contributed by atoms with Gasteiger partial charge in [-0.15, -0.1) is 0 Å². The van der Waals surface area contributed by atoms with Crippen molar-refractivity contribution >= 4 is 11.9 Å². The third kappa shape index (κ3) is 3.87. The van der Waals surface area contributed by atoms with Crippen LogP contribution >= 0.6 is 0 Å². The predicted octanol–water partition coefficient (Wildman–Crippen LogP) is 0.211. The molecule has 5 nitrogen and oxygen atoms in total. The third-order valence-corrected chi connectivity index (χ3v) is 2.46. The standard InChI is InChI=1S/C10H20N2O3/c1-9(2,8(14)15)6-12-7(13)10(3,4)11-5/h11H,6H2,1-5H3,(H,12,13)(H,14,15). The molecule has 0 aliphatic heterocycles. The van der Waals surface area contributed by atoms with Gasteiger partial charge in [-0.25, -0.2) is 0 Å². The Kier molecular flexibility index (Phi) is 4.27. The van der Waals surface area contributed by atoms with E-state index >= 15 is 0 Å². The first-order valence-electron chi connectivity index (χ1n) is 4.84. The first kappa shape index (κ1) is 13.9. The fraction of sp³-hybridized carbons (Fsp3) is 0.800. The minimum atomic E-state index is -0.945. The highest BCUT2D eigenvalue weighted by molar-refractivity contribution is 5.86. The van der Waals surface area contributed by atoms with Crippen LogP contribution in [-0.4, -0.2) is 36.1 Å². The van der Waals surface area contributed by atoms with Gasteiger partial charge in [-0.2, -0.15) is 0 Å². The largest absolute Gasteiger partial charge is 0.481 e. The lowest BCUT2D eigenvalue weighted by Gasteiger charge is -2.26. The van der Waals surface area contributed by atoms with Crippen molar-refractivity contribution in [2.45, 2.75) is 33.2 Å². The fourth-order valence-corrected chi connectivity index (χ4v) is 0.711. The van der Waals surface area contributed by atoms with E-state index < -0.39 is 16.9 Å². The molecule has 5 heteroatoms. The van der Waals surface area contributed by atoms with Crippen LogP contribution in [0.25, 0.3) is 0 Å². The Morgan fingerprint density at radius 2 is 1.67 bits per heavy atom. The van der Waals surface area contributed by atoms with E-state index in [1.165, 1.54) is 0 Å². The number of hydrogen-bond donors (Lipinski definition) is 3. The molecule has 88 valence electrons. The number of amides is 1. The van der Waals surface area contributed by atoms with E-state index in [1.54, 1.807) is 34.7 Å². The van der Waals surface area contributed by atoms with Crippen LogP contribution < -0.4 is 10.6 Å². The van der Waals surface area contributed by atoms with Gasteiger partial charge in [0, 0.05) is 6.54 Å². The quantitative estimate of drug-likeness (QED) is 0.614. The number of carboxylic acids is 1. The maximum Gasteiger partial charge on any atom is 0.310 e. The summed E-state index contributed by atoms with van der Waals surface area (Å²) in [5, 5.41) is 14.3. The van der Waals surface area contributed by atoms with E-state index in [0.29, 0.717) is 0 Å². The summed E-state index contributed by atoms with van der Waals surface area (Å²) in [6, 6.07) is 0. The molecule has 3 N–H and O–H groups in total. The highest BCUT2D eigenvalue weighted by Crippen LogP contribution is 2.13. The molecule has 0 heterocycles. The van der Waals surface area contributed by atoms with Crippen molar-refractivity contribution in [3.05, 3.63) is 0 Å². The van der Waals surface area contributed by atoms with E-state index in [-0.39, 0.29) is 12.5 Å². The van der Waals surface area contributed by atoms with Crippen LogP contribution in [0.2, 0.25) is 0 Å². The molecule has 0 rings (SSSR count). The summed E-state index contributed by atoms with van der Waals surface area (Å²) >= 11 is 0. The van der Waals surface area contributed by atoms with Crippen LogP contribution in [0, 0.1) is 5.41 Å². The highest BCUT2D eigenvalue weighted by Gasteiger charge is 2.31. The average molecular weight is 216 g/mol. The number of nitrogens with one attached hydrogen (secondary N) is 2. The Hall–Kier alpha value is -1.10. The van der Waals surface area contributed by atoms with E-state index in [0.717, 1.165) is 0 Å². The molecule has 0 fully saturated rings. The molecule has 0 saturated carbocycles. The monoisotopic (exact) mass is 216 g/mol. The highest BCUT2D eigenvalue weighted by atomic mass is 16.4. The molecular formula is C10H20N2O3. The number of carboxylic acid groups (broad SMARTS) is 1. The molecule has 0 atom stereocenters. The van der Waals surface area contributed by atoms with Gasteiger partial charge in [-0.3, -0.25) is 9.59 Å². The van der Waals surface area contributed by atoms with Crippen LogP contribution in [0.1, 0.15) is 27.7 Å². The Morgan fingerprint density at radius 3 is 2.00 bits per heavy atom. The second kappa shape index (κ2) is 4.61. The number of carbonyl (C=O) groups is 2. The van der Waals surface area contributed by atoms with Gasteiger partial charge in [-0.05, 0) is 34.7 Å². The van der Waals surface area contributed by atoms with E-state index in [4.69, 9.17) is 5.11 Å². The Morgan fingerprint density at radius 1 is 1.20 bits per heavy atom. The SMILES string of the molecule is CNC(C)(C)C(=O)NCC(C)(C)C(=O)O. The topological polar surface area (TPSA) is 78.4 Å². The predicted molar refractivity (Wildman–Crippen MR) is 57.6 cm³/mol. The van der Waals surface area contributed by atoms with Gasteiger partial charge in [-0.1, -0.05) is 0 Å². The molecule has 0 bridgehead atoms. The van der Waals surface area contributed by atoms with Gasteiger partial charge < -0.3 is 15.7 Å². The Balaban J connectivity index is 4.30.